The van der Waals surface area contributed by atoms with Crippen LogP contribution in [0.4, 0.5) is 0 Å². The summed E-state index contributed by atoms with van der Waals surface area (Å²) in [5.41, 5.74) is 18.5. The number of likely N-dealkylation sites (tertiary alicyclic amines) is 2. The van der Waals surface area contributed by atoms with E-state index in [1.54, 1.807) is 33.7 Å². The minimum atomic E-state index is 0.278. The summed E-state index contributed by atoms with van der Waals surface area (Å²) < 4.78 is 0. The molecule has 2 saturated heterocycles. The zero-order valence-corrected chi connectivity index (χ0v) is 36.2. The highest BCUT2D eigenvalue weighted by atomic mass is 15.3. The number of allylic oxidation sites excluding steroid dienone is 23. The van der Waals surface area contributed by atoms with Crippen LogP contribution in [0.25, 0.3) is 0 Å². The molecule has 9 aliphatic carbocycles. The van der Waals surface area contributed by atoms with Gasteiger partial charge in [-0.1, -0.05) is 158 Å². The first-order valence-corrected chi connectivity index (χ1v) is 24.5. The Morgan fingerprint density at radius 1 is 0.571 bits per heavy atom. The molecule has 2 fully saturated rings. The Balaban J connectivity index is 0.829. The van der Waals surface area contributed by atoms with E-state index in [9.17, 15) is 0 Å². The van der Waals surface area contributed by atoms with Crippen LogP contribution < -0.4 is 0 Å². The zero-order valence-electron chi connectivity index (χ0n) is 36.2. The molecule has 0 aromatic heterocycles. The van der Waals surface area contributed by atoms with Gasteiger partial charge < -0.3 is 14.7 Å². The van der Waals surface area contributed by atoms with Crippen molar-refractivity contribution in [3.05, 3.63) is 238 Å². The topological polar surface area (TPSA) is 9.72 Å². The van der Waals surface area contributed by atoms with Crippen LogP contribution in [0.1, 0.15) is 69.4 Å². The Kier molecular flexibility index (Phi) is 8.36. The van der Waals surface area contributed by atoms with Crippen LogP contribution in [0.3, 0.4) is 0 Å². The van der Waals surface area contributed by atoms with Crippen molar-refractivity contribution in [1.29, 1.82) is 0 Å². The third-order valence-corrected chi connectivity index (χ3v) is 17.2. The Labute approximate surface area is 374 Å². The van der Waals surface area contributed by atoms with Crippen molar-refractivity contribution in [2.45, 2.75) is 82.0 Å². The molecule has 312 valence electrons. The van der Waals surface area contributed by atoms with Crippen molar-refractivity contribution in [1.82, 2.24) is 14.7 Å². The number of hydrogen-bond donors (Lipinski definition) is 0. The molecule has 4 heterocycles. The average molecular weight is 820 g/mol. The molecule has 4 aliphatic heterocycles. The average Bonchev–Trinajstić information content (AvgIpc) is 3.98. The summed E-state index contributed by atoms with van der Waals surface area (Å²) in [5, 5.41) is 0. The number of fused-ring (bicyclic) bond motifs is 7. The Morgan fingerprint density at radius 3 is 2.21 bits per heavy atom. The first-order valence-electron chi connectivity index (χ1n) is 24.5. The highest BCUT2D eigenvalue weighted by Gasteiger charge is 2.59. The molecule has 11 atom stereocenters. The maximum atomic E-state index is 2.98. The smallest absolute Gasteiger partial charge is 0.0660 e. The molecule has 11 unspecified atom stereocenters. The van der Waals surface area contributed by atoms with Gasteiger partial charge in [-0.3, -0.25) is 0 Å². The molecule has 0 bridgehead atoms. The molecule has 14 rings (SSSR count). The Bertz CT molecular complexity index is 2730. The van der Waals surface area contributed by atoms with Gasteiger partial charge in [-0.2, -0.15) is 0 Å². The van der Waals surface area contributed by atoms with Gasteiger partial charge in [0.25, 0.3) is 0 Å². The standard InChI is InChI=1S/C60H57N3/c1-3-15-40(16-4-1)55-49-35-36-54-57-56-50(48-23-11-14-26-53(48)63(60(49)57)58(55)41-17-5-2-6-18-41)37-42-19-7-8-20-45(42)59(56)62(54)44-33-29-39(30-34-44)38-27-31-43(32-28-38)61-51-24-12-9-21-46(51)47-22-10-13-25-52(47)61/h1-9,12,15,17-22,24-25,27,29,31-40,45-46,51,54-55,57-59H,10-11,13-14,16,23,26,28,30H2. The summed E-state index contributed by atoms with van der Waals surface area (Å²) in [4.78, 5) is 8.54. The fourth-order valence-corrected chi connectivity index (χ4v) is 14.6. The molecule has 3 heteroatoms. The summed E-state index contributed by atoms with van der Waals surface area (Å²) in [7, 11) is 0. The summed E-state index contributed by atoms with van der Waals surface area (Å²) >= 11 is 0. The fourth-order valence-electron chi connectivity index (χ4n) is 14.6. The normalized spacial score (nSPS) is 37.0. The molecule has 0 saturated carbocycles. The first-order chi connectivity index (χ1) is 31.3. The van der Waals surface area contributed by atoms with Crippen molar-refractivity contribution in [3.8, 4) is 0 Å². The summed E-state index contributed by atoms with van der Waals surface area (Å²) in [6.07, 6.45) is 67.2. The largest absolute Gasteiger partial charge is 0.357 e. The third kappa shape index (κ3) is 5.38. The van der Waals surface area contributed by atoms with E-state index < -0.39 is 0 Å². The summed E-state index contributed by atoms with van der Waals surface area (Å²) in [5.74, 6) is 3.04. The van der Waals surface area contributed by atoms with Gasteiger partial charge in [0.15, 0.2) is 0 Å². The van der Waals surface area contributed by atoms with Gasteiger partial charge in [0.2, 0.25) is 0 Å². The predicted octanol–water partition coefficient (Wildman–Crippen LogP) is 13.1. The SMILES string of the molecule is C1=CCC(C2C3=C4C5C6=C(C=C7C=CC=CC7C6N(C6=CCC(C7C=CC(N8C9=CCCC=C9C9C=CC=CC98)=CC7)C=C6)C5C=C3)C3=C(CCCC3)N4C2c2ccccc2)C=C1. The van der Waals surface area contributed by atoms with Crippen LogP contribution in [-0.4, -0.2) is 32.8 Å². The lowest BCUT2D eigenvalue weighted by atomic mass is 9.70. The van der Waals surface area contributed by atoms with E-state index in [-0.39, 0.29) is 6.04 Å². The minimum absolute atomic E-state index is 0.278. The van der Waals surface area contributed by atoms with Crippen LogP contribution in [0, 0.1) is 41.4 Å². The Morgan fingerprint density at radius 2 is 1.37 bits per heavy atom. The van der Waals surface area contributed by atoms with Crippen LogP contribution in [-0.2, 0) is 0 Å². The van der Waals surface area contributed by atoms with Gasteiger partial charge in [-0.05, 0) is 127 Å². The van der Waals surface area contributed by atoms with Gasteiger partial charge in [0.1, 0.15) is 0 Å². The van der Waals surface area contributed by atoms with Crippen molar-refractivity contribution < 1.29 is 0 Å². The van der Waals surface area contributed by atoms with Crippen LogP contribution in [0.2, 0.25) is 0 Å². The van der Waals surface area contributed by atoms with E-state index in [4.69, 9.17) is 0 Å². The van der Waals surface area contributed by atoms with Crippen molar-refractivity contribution in [2.75, 3.05) is 0 Å². The maximum absolute atomic E-state index is 2.98. The van der Waals surface area contributed by atoms with Gasteiger partial charge >= 0.3 is 0 Å². The molecule has 0 amide bonds. The summed E-state index contributed by atoms with van der Waals surface area (Å²) in [6.45, 7) is 0. The predicted molar refractivity (Wildman–Crippen MR) is 256 cm³/mol. The van der Waals surface area contributed by atoms with Gasteiger partial charge in [-0.25, -0.2) is 0 Å². The molecule has 0 N–H and O–H groups in total. The van der Waals surface area contributed by atoms with Crippen LogP contribution in [0.15, 0.2) is 232 Å². The van der Waals surface area contributed by atoms with E-state index in [1.807, 2.05) is 0 Å². The number of hydrogen-bond acceptors (Lipinski definition) is 3. The first kappa shape index (κ1) is 36.7. The third-order valence-electron chi connectivity index (χ3n) is 17.2. The lowest BCUT2D eigenvalue weighted by Crippen LogP contribution is -2.42. The molecule has 0 spiro atoms. The number of nitrogens with zero attached hydrogens (tertiary/aromatic N) is 3. The highest BCUT2D eigenvalue weighted by Crippen LogP contribution is 2.64. The van der Waals surface area contributed by atoms with Crippen molar-refractivity contribution in [3.63, 3.8) is 0 Å². The van der Waals surface area contributed by atoms with Crippen molar-refractivity contribution >= 4 is 0 Å². The molecular formula is C60H57N3. The molecule has 3 nitrogen and oxygen atoms in total. The molecule has 0 radical (unpaired) electrons. The van der Waals surface area contributed by atoms with E-state index >= 15 is 0 Å². The minimum Gasteiger partial charge on any atom is -0.357 e. The monoisotopic (exact) mass is 819 g/mol. The second kappa shape index (κ2) is 14.4. The van der Waals surface area contributed by atoms with Gasteiger partial charge in [0.05, 0.1) is 24.2 Å². The lowest BCUT2D eigenvalue weighted by Gasteiger charge is -2.42. The lowest BCUT2D eigenvalue weighted by molar-refractivity contribution is 0.222. The van der Waals surface area contributed by atoms with Crippen LogP contribution >= 0.6 is 0 Å². The van der Waals surface area contributed by atoms with E-state index in [2.05, 4.69) is 185 Å². The fraction of sp³-hybridized carbons (Fsp3) is 0.333. The molecular weight excluding hydrogens is 763 g/mol. The number of benzene rings is 1. The maximum Gasteiger partial charge on any atom is 0.0660 e. The van der Waals surface area contributed by atoms with Crippen LogP contribution in [0.5, 0.6) is 0 Å². The zero-order chi connectivity index (χ0) is 41.2. The second-order valence-electron chi connectivity index (χ2n) is 20.2. The highest BCUT2D eigenvalue weighted by molar-refractivity contribution is 5.66. The van der Waals surface area contributed by atoms with E-state index in [0.717, 1.165) is 32.1 Å². The second-order valence-corrected chi connectivity index (χ2v) is 20.2. The molecule has 13 aliphatic rings. The molecule has 1 aromatic carbocycles. The van der Waals surface area contributed by atoms with E-state index in [1.165, 1.54) is 59.5 Å². The summed E-state index contributed by atoms with van der Waals surface area (Å²) in [6, 6.07) is 12.9. The molecule has 1 aromatic rings. The molecule has 63 heavy (non-hydrogen) atoms. The van der Waals surface area contributed by atoms with Crippen molar-refractivity contribution in [2.24, 2.45) is 41.4 Å². The quantitative estimate of drug-likeness (QED) is 0.293. The van der Waals surface area contributed by atoms with Gasteiger partial charge in [-0.15, -0.1) is 0 Å². The number of rotatable bonds is 5. The Hall–Kier alpha value is -5.80. The van der Waals surface area contributed by atoms with E-state index in [0.29, 0.717) is 59.6 Å². The van der Waals surface area contributed by atoms with Gasteiger partial charge in [0, 0.05) is 52.2 Å².